The zero-order valence-corrected chi connectivity index (χ0v) is 19.8. The van der Waals surface area contributed by atoms with E-state index in [0.29, 0.717) is 19.0 Å². The summed E-state index contributed by atoms with van der Waals surface area (Å²) >= 11 is 1.15. The smallest absolute Gasteiger partial charge is 0.247 e. The van der Waals surface area contributed by atoms with E-state index in [-0.39, 0.29) is 28.2 Å². The molecule has 2 aromatic carbocycles. The van der Waals surface area contributed by atoms with Crippen molar-refractivity contribution in [2.45, 2.75) is 24.2 Å². The van der Waals surface area contributed by atoms with Gasteiger partial charge in [-0.05, 0) is 36.8 Å². The van der Waals surface area contributed by atoms with Gasteiger partial charge >= 0.3 is 0 Å². The lowest BCUT2D eigenvalue weighted by Gasteiger charge is -2.12. The molecule has 0 amide bonds. The van der Waals surface area contributed by atoms with Crippen molar-refractivity contribution in [3.05, 3.63) is 82.7 Å². The third-order valence-corrected chi connectivity index (χ3v) is 6.45. The van der Waals surface area contributed by atoms with Crippen molar-refractivity contribution in [2.24, 2.45) is 10.1 Å². The first-order valence-corrected chi connectivity index (χ1v) is 11.0. The van der Waals surface area contributed by atoms with Crippen LogP contribution in [0.4, 0.5) is 5.69 Å². The molecule has 0 fully saturated rings. The molecule has 0 aliphatic heterocycles. The molecule has 0 radical (unpaired) electrons. The first kappa shape index (κ1) is 23.3. The van der Waals surface area contributed by atoms with Crippen LogP contribution in [0.15, 0.2) is 75.9 Å². The molecule has 0 saturated carbocycles. The molecule has 1 aromatic heterocycles. The molecule has 6 nitrogen and oxygen atoms in total. The van der Waals surface area contributed by atoms with Gasteiger partial charge in [0.1, 0.15) is 4.21 Å². The Morgan fingerprint density at radius 1 is 1.03 bits per heavy atom. The molecule has 0 saturated heterocycles. The fourth-order valence-electron chi connectivity index (χ4n) is 2.44. The lowest BCUT2D eigenvalue weighted by Crippen LogP contribution is -2.30. The van der Waals surface area contributed by atoms with Gasteiger partial charge in [0.15, 0.2) is 5.96 Å². The van der Waals surface area contributed by atoms with Crippen LogP contribution in [0.3, 0.4) is 0 Å². The molecule has 29 heavy (non-hydrogen) atoms. The van der Waals surface area contributed by atoms with Crippen LogP contribution in [0.2, 0.25) is 0 Å². The molecule has 3 aromatic rings. The Kier molecular flexibility index (Phi) is 8.62. The molecule has 3 rings (SSSR count). The average molecular weight is 542 g/mol. The van der Waals surface area contributed by atoms with Crippen molar-refractivity contribution in [2.75, 3.05) is 5.32 Å². The molecule has 4 N–H and O–H groups in total. The number of thiophene rings is 1. The van der Waals surface area contributed by atoms with Gasteiger partial charge in [-0.3, -0.25) is 0 Å². The van der Waals surface area contributed by atoms with E-state index in [4.69, 9.17) is 5.14 Å². The summed E-state index contributed by atoms with van der Waals surface area (Å²) in [4.78, 5) is 5.49. The summed E-state index contributed by atoms with van der Waals surface area (Å²) in [5, 5.41) is 11.7. The zero-order valence-electron chi connectivity index (χ0n) is 15.8. The molecule has 0 unspecified atom stereocenters. The van der Waals surface area contributed by atoms with Crippen molar-refractivity contribution in [3.8, 4) is 0 Å². The van der Waals surface area contributed by atoms with E-state index < -0.39 is 10.0 Å². The highest BCUT2D eigenvalue weighted by atomic mass is 127. The number of aryl methyl sites for hydroxylation is 1. The van der Waals surface area contributed by atoms with Gasteiger partial charge < -0.3 is 10.6 Å². The summed E-state index contributed by atoms with van der Waals surface area (Å²) in [5.74, 6) is 0.609. The van der Waals surface area contributed by atoms with Crippen LogP contribution in [0, 0.1) is 6.92 Å². The van der Waals surface area contributed by atoms with Crippen LogP contribution in [-0.4, -0.2) is 14.4 Å². The van der Waals surface area contributed by atoms with Gasteiger partial charge in [-0.25, -0.2) is 18.5 Å². The van der Waals surface area contributed by atoms with E-state index in [1.807, 2.05) is 37.3 Å². The first-order valence-electron chi connectivity index (χ1n) is 8.67. The fourth-order valence-corrected chi connectivity index (χ4v) is 4.16. The minimum Gasteiger partial charge on any atom is -0.351 e. The normalized spacial score (nSPS) is 11.6. The van der Waals surface area contributed by atoms with E-state index in [2.05, 4.69) is 39.9 Å². The highest BCUT2D eigenvalue weighted by Gasteiger charge is 2.11. The number of nitrogens with two attached hydrogens (primary N) is 1. The number of hydrogen-bond acceptors (Lipinski definition) is 4. The van der Waals surface area contributed by atoms with Crippen molar-refractivity contribution in [1.82, 2.24) is 5.32 Å². The maximum atomic E-state index is 11.4. The van der Waals surface area contributed by atoms with Gasteiger partial charge in [-0.1, -0.05) is 48.0 Å². The summed E-state index contributed by atoms with van der Waals surface area (Å²) in [6.45, 7) is 3.01. The van der Waals surface area contributed by atoms with Crippen molar-refractivity contribution in [1.29, 1.82) is 0 Å². The first-order chi connectivity index (χ1) is 13.4. The number of halogens is 1. The summed E-state index contributed by atoms with van der Waals surface area (Å²) < 4.78 is 23.0. The van der Waals surface area contributed by atoms with E-state index in [1.54, 1.807) is 6.07 Å². The Balaban J connectivity index is 0.00000300. The predicted molar refractivity (Wildman–Crippen MR) is 130 cm³/mol. The molecule has 0 spiro atoms. The topological polar surface area (TPSA) is 96.6 Å². The lowest BCUT2D eigenvalue weighted by molar-refractivity contribution is 0.600. The van der Waals surface area contributed by atoms with Crippen molar-refractivity contribution >= 4 is 57.0 Å². The second kappa shape index (κ2) is 10.7. The second-order valence-corrected chi connectivity index (χ2v) is 9.22. The number of anilines is 1. The number of guanidine groups is 1. The molecule has 1 heterocycles. The van der Waals surface area contributed by atoms with Crippen LogP contribution in [0.1, 0.15) is 16.0 Å². The van der Waals surface area contributed by atoms with E-state index >= 15 is 0 Å². The largest absolute Gasteiger partial charge is 0.351 e. The third kappa shape index (κ3) is 7.42. The SMILES string of the molecule is Cc1ccc(CN=C(NCc2ccc(S(N)(=O)=O)s2)Nc2ccccc2)cc1.I. The average Bonchev–Trinajstić information content (AvgIpc) is 3.16. The monoisotopic (exact) mass is 542 g/mol. The number of benzene rings is 2. The van der Waals surface area contributed by atoms with E-state index in [9.17, 15) is 8.42 Å². The quantitative estimate of drug-likeness (QED) is 0.249. The Labute approximate surface area is 192 Å². The third-order valence-electron chi connectivity index (χ3n) is 3.92. The maximum absolute atomic E-state index is 11.4. The Morgan fingerprint density at radius 3 is 2.34 bits per heavy atom. The number of rotatable bonds is 6. The maximum Gasteiger partial charge on any atom is 0.247 e. The number of nitrogens with zero attached hydrogens (tertiary/aromatic N) is 1. The van der Waals surface area contributed by atoms with Crippen LogP contribution in [-0.2, 0) is 23.1 Å². The minimum atomic E-state index is -3.67. The molecule has 154 valence electrons. The van der Waals surface area contributed by atoms with Crippen LogP contribution in [0.5, 0.6) is 0 Å². The van der Waals surface area contributed by atoms with E-state index in [1.165, 1.54) is 11.6 Å². The molecule has 0 aliphatic carbocycles. The van der Waals surface area contributed by atoms with Crippen molar-refractivity contribution in [3.63, 3.8) is 0 Å². The molecular weight excluding hydrogens is 519 g/mol. The fraction of sp³-hybridized carbons (Fsp3) is 0.150. The molecule has 0 aliphatic rings. The van der Waals surface area contributed by atoms with Gasteiger partial charge in [0, 0.05) is 10.6 Å². The van der Waals surface area contributed by atoms with Gasteiger partial charge in [-0.2, -0.15) is 0 Å². The zero-order chi connectivity index (χ0) is 20.0. The highest BCUT2D eigenvalue weighted by molar-refractivity contribution is 14.0. The lowest BCUT2D eigenvalue weighted by atomic mass is 10.1. The van der Waals surface area contributed by atoms with Gasteiger partial charge in [-0.15, -0.1) is 35.3 Å². The Morgan fingerprint density at radius 2 is 1.72 bits per heavy atom. The highest BCUT2D eigenvalue weighted by Crippen LogP contribution is 2.20. The molecular formula is C20H23IN4O2S2. The number of primary sulfonamides is 1. The standard InChI is InChI=1S/C20H22N4O2S2.HI/c1-15-7-9-16(10-8-15)13-22-20(24-17-5-3-2-4-6-17)23-14-18-11-12-19(27-18)28(21,25)26;/h2-12H,13-14H2,1H3,(H2,21,25,26)(H2,22,23,24);1H. The second-order valence-electron chi connectivity index (χ2n) is 6.26. The van der Waals surface area contributed by atoms with Gasteiger partial charge in [0.25, 0.3) is 0 Å². The number of aliphatic imine (C=N–C) groups is 1. The van der Waals surface area contributed by atoms with E-state index in [0.717, 1.165) is 27.5 Å². The number of nitrogens with one attached hydrogen (secondary N) is 2. The molecule has 0 bridgehead atoms. The minimum absolute atomic E-state index is 0. The summed E-state index contributed by atoms with van der Waals surface area (Å²) in [5.41, 5.74) is 3.22. The number of sulfonamides is 1. The van der Waals surface area contributed by atoms with Gasteiger partial charge in [0.05, 0.1) is 13.1 Å². The summed E-state index contributed by atoms with van der Waals surface area (Å²) in [7, 11) is -3.67. The van der Waals surface area contributed by atoms with Crippen LogP contribution >= 0.6 is 35.3 Å². The van der Waals surface area contributed by atoms with Crippen LogP contribution < -0.4 is 15.8 Å². The predicted octanol–water partition coefficient (Wildman–Crippen LogP) is 4.08. The number of para-hydroxylation sites is 1. The van der Waals surface area contributed by atoms with Crippen molar-refractivity contribution < 1.29 is 8.42 Å². The Hall–Kier alpha value is -1.95. The summed E-state index contributed by atoms with van der Waals surface area (Å²) in [6.07, 6.45) is 0. The number of hydrogen-bond donors (Lipinski definition) is 3. The molecule has 0 atom stereocenters. The Bertz CT molecular complexity index is 1050. The molecule has 9 heteroatoms. The van der Waals surface area contributed by atoms with Crippen LogP contribution in [0.25, 0.3) is 0 Å². The van der Waals surface area contributed by atoms with Gasteiger partial charge in [0.2, 0.25) is 10.0 Å². The summed E-state index contributed by atoms with van der Waals surface area (Å²) in [6, 6.07) is 21.2.